The molecule has 46 nitrogen and oxygen atoms in total. The topological polar surface area (TPSA) is 624 Å². The molecule has 0 radical (unpaired) electrons. The number of nitrogens with zero attached hydrogens (tertiary/aromatic N) is 12. The number of H-pyrrole nitrogens is 4. The number of anilines is 4. The molecule has 52 heteroatoms. The fourth-order valence-corrected chi connectivity index (χ4v) is 18.7. The Kier molecular flexibility index (Phi) is 35.8. The lowest BCUT2D eigenvalue weighted by Crippen LogP contribution is -2.13. The van der Waals surface area contributed by atoms with Crippen LogP contribution in [-0.4, -0.2) is 145 Å². The van der Waals surface area contributed by atoms with E-state index in [2.05, 4.69) is 59.8 Å². The predicted molar refractivity (Wildman–Crippen MR) is 514 cm³/mol. The quantitative estimate of drug-likeness (QED) is 0.0130. The molecule has 12 aromatic heterocycles. The summed E-state index contributed by atoms with van der Waals surface area (Å²) in [5.74, 6) is 4.85. The maximum absolute atomic E-state index is 13.5. The number of furan rings is 4. The van der Waals surface area contributed by atoms with Gasteiger partial charge in [-0.25, -0.2) is 28.4 Å². The number of rotatable bonds is 45. The fourth-order valence-electron chi connectivity index (χ4n) is 12.9. The molecule has 12 heterocycles. The Bertz CT molecular complexity index is 7290. The molecule has 0 bridgehead atoms. The first kappa shape index (κ1) is 105. The fraction of sp³-hybridized carbons (Fsp3) is 0.318. The molecule has 0 fully saturated rings. The summed E-state index contributed by atoms with van der Waals surface area (Å²) in [5, 5.41) is 0.588. The van der Waals surface area contributed by atoms with Gasteiger partial charge >= 0.3 is 30.4 Å². The van der Waals surface area contributed by atoms with Gasteiger partial charge in [0, 0.05) is 37.5 Å². The molecule has 4 atom stereocenters. The van der Waals surface area contributed by atoms with Crippen LogP contribution in [0.15, 0.2) is 207 Å². The molecule has 140 heavy (non-hydrogen) atoms. The van der Waals surface area contributed by atoms with Gasteiger partial charge in [-0.3, -0.25) is 75.5 Å². The lowest BCUT2D eigenvalue weighted by Gasteiger charge is -2.18. The molecule has 12 N–H and O–H groups in total. The molecule has 0 saturated heterocycles. The van der Waals surface area contributed by atoms with Crippen LogP contribution in [0.2, 0.25) is 5.02 Å². The van der Waals surface area contributed by atoms with Crippen LogP contribution in [0.4, 0.5) is 23.8 Å². The summed E-state index contributed by atoms with van der Waals surface area (Å²) in [6, 6.07) is 41.0. The van der Waals surface area contributed by atoms with Gasteiger partial charge in [-0.2, -0.15) is 19.9 Å². The van der Waals surface area contributed by atoms with Gasteiger partial charge in [-0.05, 0) is 143 Å². The van der Waals surface area contributed by atoms with Gasteiger partial charge < -0.3 is 95.9 Å². The number of ether oxygens (including phenoxy) is 4. The summed E-state index contributed by atoms with van der Waals surface area (Å²) in [7, 11) is -18.0. The minimum Gasteiger partial charge on any atom is -0.464 e. The van der Waals surface area contributed by atoms with Crippen LogP contribution < -0.4 is 45.2 Å². The minimum atomic E-state index is -3.77. The maximum atomic E-state index is 13.5. The van der Waals surface area contributed by atoms with E-state index in [0.717, 1.165) is 51.2 Å². The number of benzene rings is 4. The lowest BCUT2D eigenvalue weighted by atomic mass is 10.2. The van der Waals surface area contributed by atoms with Crippen molar-refractivity contribution in [2.24, 2.45) is 0 Å². The van der Waals surface area contributed by atoms with Crippen molar-refractivity contribution in [1.29, 1.82) is 0 Å². The number of aromatic amines is 4. The average Bonchev–Trinajstić information content (AvgIpc) is 1.66. The first-order valence-corrected chi connectivity index (χ1v) is 52.1. The number of nitrogen functional groups attached to an aromatic ring is 4. The van der Waals surface area contributed by atoms with Gasteiger partial charge in [0.05, 0.1) is 83.1 Å². The van der Waals surface area contributed by atoms with Crippen LogP contribution in [0.5, 0.6) is 0 Å². The predicted octanol–water partition coefficient (Wildman–Crippen LogP) is 13.8. The normalized spacial score (nSPS) is 13.4. The lowest BCUT2D eigenvalue weighted by molar-refractivity contribution is 0.114. The summed E-state index contributed by atoms with van der Waals surface area (Å²) >= 11 is 6.18. The van der Waals surface area contributed by atoms with E-state index in [1.165, 1.54) is 37.4 Å². The number of nitrogens with one attached hydrogen (secondary N) is 4. The number of halogens is 1. The largest absolute Gasteiger partial charge is 0.464 e. The average molecular weight is 2050 g/mol. The van der Waals surface area contributed by atoms with Crippen LogP contribution in [0.25, 0.3) is 44.7 Å². The number of aryl methyl sites for hydroxylation is 7. The molecule has 16 rings (SSSR count). The number of hydrogen-bond donors (Lipinski definition) is 8. The van der Waals surface area contributed by atoms with E-state index in [-0.39, 0.29) is 169 Å². The van der Waals surface area contributed by atoms with Crippen molar-refractivity contribution >= 4 is 120 Å². The second kappa shape index (κ2) is 48.0. The van der Waals surface area contributed by atoms with Crippen molar-refractivity contribution < 1.29 is 99.5 Å². The summed E-state index contributed by atoms with van der Waals surface area (Å²) in [6.45, 7) is 14.7. The van der Waals surface area contributed by atoms with Gasteiger partial charge in [-0.15, -0.1) is 0 Å². The maximum Gasteiger partial charge on any atom is 0.356 e. The molecule has 0 aliphatic carbocycles. The van der Waals surface area contributed by atoms with E-state index in [1.807, 2.05) is 95.3 Å². The van der Waals surface area contributed by atoms with Crippen molar-refractivity contribution in [2.45, 2.75) is 132 Å². The number of hydrogen-bond acceptors (Lipinski definition) is 38. The molecule has 0 amide bonds. The Balaban J connectivity index is 0.000000157. The van der Waals surface area contributed by atoms with Crippen LogP contribution >= 0.6 is 42.0 Å². The van der Waals surface area contributed by atoms with Crippen molar-refractivity contribution in [2.75, 3.05) is 81.0 Å². The smallest absolute Gasteiger partial charge is 0.356 e. The third-order valence-electron chi connectivity index (χ3n) is 20.2. The second-order valence-corrected chi connectivity index (χ2v) is 42.0. The highest BCUT2D eigenvalue weighted by atomic mass is 35.5. The van der Waals surface area contributed by atoms with E-state index in [9.17, 15) is 45.9 Å². The molecule has 744 valence electrons. The third kappa shape index (κ3) is 30.4. The van der Waals surface area contributed by atoms with Gasteiger partial charge in [0.15, 0.2) is 54.5 Å². The monoisotopic (exact) mass is 2050 g/mol. The Morgan fingerprint density at radius 2 is 0.586 bits per heavy atom. The van der Waals surface area contributed by atoms with E-state index >= 15 is 0 Å². The van der Waals surface area contributed by atoms with Crippen LogP contribution in [-0.2, 0) is 162 Å². The number of nitrogens with two attached hydrogens (primary N) is 4. The van der Waals surface area contributed by atoms with Gasteiger partial charge in [0.2, 0.25) is 23.8 Å². The summed E-state index contributed by atoms with van der Waals surface area (Å²) in [4.78, 5) is 90.0. The molecule has 4 unspecified atom stereocenters. The van der Waals surface area contributed by atoms with Gasteiger partial charge in [-0.1, -0.05) is 95.5 Å². The van der Waals surface area contributed by atoms with Gasteiger partial charge in [0.25, 0.3) is 22.2 Å². The van der Waals surface area contributed by atoms with E-state index in [0.29, 0.717) is 80.8 Å². The standard InChI is InChI=1S/C22H25ClN5O6P.C22H26N5O8PS.2C22H26N5O6P/c1-14-3-5-16(9-18(14)23)10-32-35(30,33-11-17-6-4-15(2)34-17)13-31-8-7-28-12-25-19-20(28)26-22(24)27-21(19)29;1-15-3-6-17(35-15)12-34-36(29,33-11-16-4-7-18(8-5-16)37(2,30)31)14-32-10-9-27-13-24-19-20(27)25-22(23)26-21(19)28;2*1-15-3-6-17(7-4-15)11-31-34(29,32-12-18-8-5-16(2)33-18)14-30-10-9-27-13-24-19-20(27)25-22(23)26-21(19)28/h3-6,9,12H,7-8,10-11,13H2,1-2H3,(H3,24,26,27,29);3-8,13H,9-12,14H2,1-2H3,(H3,23,25,26,28);2*3-8,13H,9-12,14H2,1-2H3,(H3,23,25,26,28). The van der Waals surface area contributed by atoms with Crippen molar-refractivity contribution in [3.63, 3.8) is 0 Å². The highest BCUT2D eigenvalue weighted by molar-refractivity contribution is 7.90. The molecule has 0 aliphatic heterocycles. The molecule has 4 aromatic carbocycles. The molecule has 0 spiro atoms. The third-order valence-corrected chi connectivity index (χ3v) is 27.9. The minimum absolute atomic E-state index is 0.00395. The molecular formula is C88H103ClN20O26P4S. The number of fused-ring (bicyclic) bond motifs is 4. The zero-order valence-corrected chi connectivity index (χ0v) is 82.2. The zero-order valence-electron chi connectivity index (χ0n) is 77.1. The number of imidazole rings is 4. The molecule has 0 aliphatic rings. The van der Waals surface area contributed by atoms with Crippen LogP contribution in [0.3, 0.4) is 0 Å². The van der Waals surface area contributed by atoms with Crippen LogP contribution in [0.1, 0.15) is 85.0 Å². The van der Waals surface area contributed by atoms with Crippen molar-refractivity contribution in [3.05, 3.63) is 296 Å². The first-order chi connectivity index (χ1) is 66.9. The van der Waals surface area contributed by atoms with Gasteiger partial charge in [0.1, 0.15) is 97.9 Å². The Morgan fingerprint density at radius 3 is 0.829 bits per heavy atom. The van der Waals surface area contributed by atoms with E-state index in [1.54, 1.807) is 98.8 Å². The van der Waals surface area contributed by atoms with Crippen molar-refractivity contribution in [1.82, 2.24) is 78.1 Å². The van der Waals surface area contributed by atoms with Crippen LogP contribution in [0, 0.1) is 48.5 Å². The molecule has 16 aromatic rings. The molecule has 0 saturated carbocycles. The second-order valence-electron chi connectivity index (χ2n) is 31.5. The molecular weight excluding hydrogens is 1940 g/mol. The van der Waals surface area contributed by atoms with E-state index in [4.69, 9.17) is 107 Å². The Hall–Kier alpha value is -12.7. The highest BCUT2D eigenvalue weighted by Crippen LogP contribution is 2.53. The Labute approximate surface area is 803 Å². The Morgan fingerprint density at radius 1 is 0.343 bits per heavy atom. The highest BCUT2D eigenvalue weighted by Gasteiger charge is 2.32. The summed E-state index contributed by atoms with van der Waals surface area (Å²) < 4.78 is 173. The number of aromatic nitrogens is 16. The summed E-state index contributed by atoms with van der Waals surface area (Å²) in [6.07, 6.45) is 5.76. The number of sulfone groups is 1. The SMILES string of the molecule is Cc1ccc(COP(=O)(COCCn2cnc3c(=O)[nH]c(N)nc32)OCc2ccc(C)c(Cl)c2)o1.Cc1ccc(COP(=O)(COCCn2cnc3c(=O)[nH]c(N)nc32)OCc2ccc(C)o2)cc1.Cc1ccc(COP(=O)(COCCn2cnc3c(=O)[nH]c(N)nc32)OCc2ccc(C)o2)cc1.Cc1ccc(COP(=O)(COCCn2cnc3c(=O)[nH]c(N)nc32)OCc2ccc(S(C)(=O)=O)cc2)o1. The first-order valence-electron chi connectivity index (χ1n) is 42.9. The van der Waals surface area contributed by atoms with E-state index < -0.39 is 62.5 Å². The summed E-state index contributed by atoms with van der Waals surface area (Å²) in [5.41, 5.74) is 29.0. The zero-order chi connectivity index (χ0) is 99.9. The van der Waals surface area contributed by atoms with Crippen molar-refractivity contribution in [3.8, 4) is 0 Å².